The topological polar surface area (TPSA) is 50.9 Å². The highest BCUT2D eigenvalue weighted by Gasteiger charge is 2.06. The minimum Gasteiger partial charge on any atom is -0.493 e. The number of aromatic nitrogens is 3. The number of fused-ring (bicyclic) bond motifs is 2. The predicted molar refractivity (Wildman–Crippen MR) is 87.9 cm³/mol. The molecule has 1 N–H and O–H groups in total. The van der Waals surface area contributed by atoms with E-state index in [0.29, 0.717) is 0 Å². The number of hydrogen-bond donors (Lipinski definition) is 1. The first-order valence-corrected chi connectivity index (χ1v) is 7.14. The van der Waals surface area contributed by atoms with Gasteiger partial charge in [0, 0.05) is 30.1 Å². The van der Waals surface area contributed by atoms with Crippen molar-refractivity contribution in [1.82, 2.24) is 14.8 Å². The molecule has 4 heteroatoms. The van der Waals surface area contributed by atoms with E-state index in [1.165, 1.54) is 0 Å². The minimum absolute atomic E-state index is 0.0644. The van der Waals surface area contributed by atoms with Gasteiger partial charge in [0.25, 0.3) is 0 Å². The summed E-state index contributed by atoms with van der Waals surface area (Å²) >= 11 is 0. The smallest absolute Gasteiger partial charge is 0.211 e. The van der Waals surface area contributed by atoms with Crippen LogP contribution < -0.4 is 0 Å². The minimum atomic E-state index is 0.0644. The zero-order valence-electron chi connectivity index (χ0n) is 12.4. The van der Waals surface area contributed by atoms with Gasteiger partial charge >= 0.3 is 0 Å². The van der Waals surface area contributed by atoms with Crippen LogP contribution in [0.25, 0.3) is 32.9 Å². The van der Waals surface area contributed by atoms with Crippen LogP contribution in [-0.2, 0) is 7.05 Å². The molecule has 0 fully saturated rings. The van der Waals surface area contributed by atoms with Crippen molar-refractivity contribution in [3.05, 3.63) is 54.2 Å². The molecule has 4 aromatic rings. The van der Waals surface area contributed by atoms with Crippen LogP contribution in [0.4, 0.5) is 0 Å². The summed E-state index contributed by atoms with van der Waals surface area (Å²) in [4.78, 5) is 4.17. The van der Waals surface area contributed by atoms with Crippen LogP contribution in [0.15, 0.2) is 48.7 Å². The van der Waals surface area contributed by atoms with Gasteiger partial charge in [-0.2, -0.15) is 5.10 Å². The Morgan fingerprint density at radius 2 is 1.68 bits per heavy atom. The maximum absolute atomic E-state index is 9.60. The third kappa shape index (κ3) is 2.00. The molecule has 22 heavy (non-hydrogen) atoms. The Hall–Kier alpha value is -2.88. The fourth-order valence-electron chi connectivity index (χ4n) is 2.88. The third-order valence-corrected chi connectivity index (χ3v) is 3.95. The number of hydrogen-bond acceptors (Lipinski definition) is 3. The molecule has 0 unspecified atom stereocenters. The van der Waals surface area contributed by atoms with Crippen molar-refractivity contribution in [1.29, 1.82) is 0 Å². The van der Waals surface area contributed by atoms with Gasteiger partial charge in [-0.25, -0.2) is 4.98 Å². The van der Waals surface area contributed by atoms with Crippen molar-refractivity contribution in [3.8, 4) is 17.0 Å². The molecule has 108 valence electrons. The van der Waals surface area contributed by atoms with E-state index in [4.69, 9.17) is 0 Å². The normalized spacial score (nSPS) is 11.4. The van der Waals surface area contributed by atoms with Gasteiger partial charge < -0.3 is 5.11 Å². The first kappa shape index (κ1) is 12.8. The third-order valence-electron chi connectivity index (χ3n) is 3.95. The lowest BCUT2D eigenvalue weighted by molar-refractivity contribution is 0.455. The lowest BCUT2D eigenvalue weighted by Crippen LogP contribution is -1.86. The fourth-order valence-corrected chi connectivity index (χ4v) is 2.88. The van der Waals surface area contributed by atoms with Crippen molar-refractivity contribution in [3.63, 3.8) is 0 Å². The van der Waals surface area contributed by atoms with Gasteiger partial charge in [0.2, 0.25) is 5.88 Å². The molecular formula is C18H15N3O. The van der Waals surface area contributed by atoms with Gasteiger partial charge in [-0.05, 0) is 47.9 Å². The summed E-state index contributed by atoms with van der Waals surface area (Å²) in [6.45, 7) is 1.98. The van der Waals surface area contributed by atoms with Crippen LogP contribution in [-0.4, -0.2) is 19.9 Å². The Morgan fingerprint density at radius 1 is 0.955 bits per heavy atom. The summed E-state index contributed by atoms with van der Waals surface area (Å²) in [6.07, 6.45) is 2.02. The number of benzene rings is 2. The molecule has 4 nitrogen and oxygen atoms in total. The number of aryl methyl sites for hydroxylation is 2. The summed E-state index contributed by atoms with van der Waals surface area (Å²) < 4.78 is 1.83. The van der Waals surface area contributed by atoms with E-state index in [0.717, 1.165) is 38.5 Å². The summed E-state index contributed by atoms with van der Waals surface area (Å²) in [5, 5.41) is 16.2. The Kier molecular flexibility index (Phi) is 2.66. The molecule has 0 amide bonds. The largest absolute Gasteiger partial charge is 0.493 e. The number of aromatic hydroxyl groups is 1. The average Bonchev–Trinajstić information content (AvgIpc) is 2.86. The molecular weight excluding hydrogens is 274 g/mol. The molecule has 4 rings (SSSR count). The second kappa shape index (κ2) is 4.56. The van der Waals surface area contributed by atoms with Crippen molar-refractivity contribution in [2.75, 3.05) is 0 Å². The van der Waals surface area contributed by atoms with E-state index in [-0.39, 0.29) is 5.88 Å². The average molecular weight is 289 g/mol. The second-order valence-corrected chi connectivity index (χ2v) is 5.61. The highest BCUT2D eigenvalue weighted by molar-refractivity contribution is 5.90. The highest BCUT2D eigenvalue weighted by Crippen LogP contribution is 2.29. The number of rotatable bonds is 1. The summed E-state index contributed by atoms with van der Waals surface area (Å²) in [6, 6.07) is 14.1. The van der Waals surface area contributed by atoms with E-state index in [1.54, 1.807) is 6.07 Å². The van der Waals surface area contributed by atoms with Gasteiger partial charge in [-0.3, -0.25) is 4.68 Å². The van der Waals surface area contributed by atoms with Crippen molar-refractivity contribution < 1.29 is 5.11 Å². The van der Waals surface area contributed by atoms with E-state index in [9.17, 15) is 5.11 Å². The van der Waals surface area contributed by atoms with Crippen LogP contribution in [0.5, 0.6) is 5.88 Å². The molecule has 2 aromatic heterocycles. The van der Waals surface area contributed by atoms with Gasteiger partial charge in [-0.1, -0.05) is 12.1 Å². The molecule has 0 aliphatic carbocycles. The van der Waals surface area contributed by atoms with E-state index in [2.05, 4.69) is 28.3 Å². The van der Waals surface area contributed by atoms with Crippen molar-refractivity contribution >= 4 is 21.8 Å². The Labute approximate surface area is 127 Å². The summed E-state index contributed by atoms with van der Waals surface area (Å²) in [5.41, 5.74) is 5.11. The quantitative estimate of drug-likeness (QED) is 0.580. The molecule has 0 aliphatic heterocycles. The van der Waals surface area contributed by atoms with Gasteiger partial charge in [0.15, 0.2) is 0 Å². The SMILES string of the molecule is Cc1cc(O)nc2ccc(-c3ccc4nn(C)cc4c3)cc12. The van der Waals surface area contributed by atoms with Crippen LogP contribution in [0.1, 0.15) is 5.56 Å². The summed E-state index contributed by atoms with van der Waals surface area (Å²) in [5.74, 6) is 0.0644. The first-order valence-electron chi connectivity index (χ1n) is 7.14. The molecule has 0 spiro atoms. The van der Waals surface area contributed by atoms with Crippen LogP contribution >= 0.6 is 0 Å². The van der Waals surface area contributed by atoms with Gasteiger partial charge in [-0.15, -0.1) is 0 Å². The van der Waals surface area contributed by atoms with Crippen LogP contribution in [0, 0.1) is 6.92 Å². The lowest BCUT2D eigenvalue weighted by Gasteiger charge is -2.07. The van der Waals surface area contributed by atoms with Crippen LogP contribution in [0.2, 0.25) is 0 Å². The monoisotopic (exact) mass is 289 g/mol. The molecule has 0 radical (unpaired) electrons. The van der Waals surface area contributed by atoms with Gasteiger partial charge in [0.1, 0.15) is 0 Å². The highest BCUT2D eigenvalue weighted by atomic mass is 16.3. The zero-order chi connectivity index (χ0) is 15.3. The molecule has 0 saturated heterocycles. The molecule has 0 aliphatic rings. The predicted octanol–water partition coefficient (Wildman–Crippen LogP) is 3.80. The Morgan fingerprint density at radius 3 is 2.50 bits per heavy atom. The zero-order valence-corrected chi connectivity index (χ0v) is 12.4. The molecule has 2 heterocycles. The molecule has 2 aromatic carbocycles. The first-order chi connectivity index (χ1) is 10.6. The summed E-state index contributed by atoms with van der Waals surface area (Å²) in [7, 11) is 1.93. The maximum Gasteiger partial charge on any atom is 0.211 e. The maximum atomic E-state index is 9.60. The van der Waals surface area contributed by atoms with Crippen molar-refractivity contribution in [2.45, 2.75) is 6.92 Å². The standard InChI is InChI=1S/C18H15N3O/c1-11-7-18(22)19-17-6-4-13(9-15(11)17)12-3-5-16-14(8-12)10-21(2)20-16/h3-10H,1-2H3,(H,19,22). The van der Waals surface area contributed by atoms with E-state index in [1.807, 2.05) is 43.0 Å². The number of nitrogens with zero attached hydrogens (tertiary/aromatic N) is 3. The van der Waals surface area contributed by atoms with E-state index >= 15 is 0 Å². The molecule has 0 saturated carbocycles. The van der Waals surface area contributed by atoms with Gasteiger partial charge in [0.05, 0.1) is 11.0 Å². The fraction of sp³-hybridized carbons (Fsp3) is 0.111. The Balaban J connectivity index is 1.91. The van der Waals surface area contributed by atoms with Crippen molar-refractivity contribution in [2.24, 2.45) is 7.05 Å². The molecule has 0 atom stereocenters. The van der Waals surface area contributed by atoms with Crippen LogP contribution in [0.3, 0.4) is 0 Å². The molecule has 0 bridgehead atoms. The lowest BCUT2D eigenvalue weighted by atomic mass is 10.0. The van der Waals surface area contributed by atoms with E-state index < -0.39 is 0 Å². The second-order valence-electron chi connectivity index (χ2n) is 5.61. The Bertz CT molecular complexity index is 1020. The number of pyridine rings is 1.